The maximum atomic E-state index is 6.36. The van der Waals surface area contributed by atoms with Gasteiger partial charge in [0.25, 0.3) is 0 Å². The van der Waals surface area contributed by atoms with Gasteiger partial charge in [0.1, 0.15) is 5.82 Å². The molecule has 0 amide bonds. The van der Waals surface area contributed by atoms with Crippen molar-refractivity contribution >= 4 is 34.1 Å². The van der Waals surface area contributed by atoms with E-state index in [4.69, 9.17) is 23.2 Å². The van der Waals surface area contributed by atoms with Crippen LogP contribution in [0.2, 0.25) is 10.0 Å². The van der Waals surface area contributed by atoms with Gasteiger partial charge >= 0.3 is 0 Å². The van der Waals surface area contributed by atoms with Gasteiger partial charge in [-0.05, 0) is 6.07 Å². The average molecular weight is 347 g/mol. The van der Waals surface area contributed by atoms with Gasteiger partial charge in [0.05, 0.1) is 27.5 Å². The second-order valence-corrected chi connectivity index (χ2v) is 5.89. The average Bonchev–Trinajstić information content (AvgIpc) is 3.28. The Morgan fingerprint density at radius 1 is 1.22 bits per heavy atom. The van der Waals surface area contributed by atoms with Gasteiger partial charge in [-0.15, -0.1) is 0 Å². The lowest BCUT2D eigenvalue weighted by atomic mass is 10.0. The fourth-order valence-electron chi connectivity index (χ4n) is 2.62. The van der Waals surface area contributed by atoms with Crippen LogP contribution in [-0.4, -0.2) is 30.4 Å². The Morgan fingerprint density at radius 3 is 2.78 bits per heavy atom. The molecule has 0 aliphatic carbocycles. The maximum Gasteiger partial charge on any atom is 0.198 e. The van der Waals surface area contributed by atoms with Gasteiger partial charge in [-0.2, -0.15) is 10.2 Å². The Labute approximate surface area is 141 Å². The third-order valence-electron chi connectivity index (χ3n) is 3.74. The number of aromatic nitrogens is 6. The Balaban J connectivity index is 2.06. The van der Waals surface area contributed by atoms with E-state index < -0.39 is 0 Å². The third-order valence-corrected chi connectivity index (χ3v) is 4.55. The van der Waals surface area contributed by atoms with E-state index in [2.05, 4.69) is 30.4 Å². The number of fused-ring (bicyclic) bond motifs is 1. The first-order chi connectivity index (χ1) is 11.2. The minimum atomic E-state index is 0.478. The van der Waals surface area contributed by atoms with Gasteiger partial charge < -0.3 is 4.98 Å². The Hall–Kier alpha value is -2.31. The second-order valence-electron chi connectivity index (χ2n) is 5.11. The normalized spacial score (nSPS) is 11.4. The monoisotopic (exact) mass is 346 g/mol. The third kappa shape index (κ3) is 2.22. The molecule has 0 unspecified atom stereocenters. The highest BCUT2D eigenvalue weighted by atomic mass is 35.5. The Bertz CT molecular complexity index is 983. The standard InChI is InChI=1S/C15H12Cl2N6/c1-2-10-20-15(23-22-10)14-11(7-5-18-19-6-7)8-3-4-9(16)12(17)13(8)21-14/h3-6,21H,2H2,1H3,(H,18,19)(H,20,22,23). The van der Waals surface area contributed by atoms with Crippen molar-refractivity contribution in [1.29, 1.82) is 0 Å². The zero-order valence-electron chi connectivity index (χ0n) is 12.1. The summed E-state index contributed by atoms with van der Waals surface area (Å²) in [6.45, 7) is 2.02. The number of hydrogen-bond donors (Lipinski definition) is 3. The molecule has 0 saturated heterocycles. The van der Waals surface area contributed by atoms with Crippen LogP contribution in [0.25, 0.3) is 33.5 Å². The summed E-state index contributed by atoms with van der Waals surface area (Å²) in [6, 6.07) is 3.71. The van der Waals surface area contributed by atoms with E-state index in [1.54, 1.807) is 12.3 Å². The molecule has 3 N–H and O–H groups in total. The minimum Gasteiger partial charge on any atom is -0.350 e. The van der Waals surface area contributed by atoms with Gasteiger partial charge in [0.15, 0.2) is 5.82 Å². The lowest BCUT2D eigenvalue weighted by Crippen LogP contribution is -1.85. The molecule has 8 heteroatoms. The molecular weight excluding hydrogens is 335 g/mol. The second kappa shape index (κ2) is 5.40. The number of benzene rings is 1. The molecule has 0 radical (unpaired) electrons. The molecule has 0 saturated carbocycles. The van der Waals surface area contributed by atoms with Crippen molar-refractivity contribution in [2.75, 3.05) is 0 Å². The van der Waals surface area contributed by atoms with Crippen LogP contribution < -0.4 is 0 Å². The molecule has 4 aromatic rings. The van der Waals surface area contributed by atoms with Crippen molar-refractivity contribution in [3.8, 4) is 22.6 Å². The summed E-state index contributed by atoms with van der Waals surface area (Å²) < 4.78 is 0. The van der Waals surface area contributed by atoms with E-state index in [0.717, 1.165) is 40.0 Å². The molecule has 3 heterocycles. The molecule has 0 aliphatic rings. The van der Waals surface area contributed by atoms with E-state index in [1.165, 1.54) is 0 Å². The quantitative estimate of drug-likeness (QED) is 0.519. The highest BCUT2D eigenvalue weighted by Crippen LogP contribution is 2.41. The van der Waals surface area contributed by atoms with Gasteiger partial charge in [-0.3, -0.25) is 10.2 Å². The van der Waals surface area contributed by atoms with Crippen LogP contribution in [-0.2, 0) is 6.42 Å². The first-order valence-electron chi connectivity index (χ1n) is 7.09. The van der Waals surface area contributed by atoms with Gasteiger partial charge in [0, 0.05) is 29.1 Å². The summed E-state index contributed by atoms with van der Waals surface area (Å²) >= 11 is 12.5. The predicted octanol–water partition coefficient (Wildman–Crippen LogP) is 4.21. The summed E-state index contributed by atoms with van der Waals surface area (Å²) in [5.74, 6) is 1.40. The molecule has 0 aliphatic heterocycles. The summed E-state index contributed by atoms with van der Waals surface area (Å²) in [5.41, 5.74) is 3.40. The van der Waals surface area contributed by atoms with Crippen molar-refractivity contribution in [2.24, 2.45) is 0 Å². The van der Waals surface area contributed by atoms with Crippen LogP contribution in [0.5, 0.6) is 0 Å². The van der Waals surface area contributed by atoms with E-state index in [-0.39, 0.29) is 0 Å². The summed E-state index contributed by atoms with van der Waals surface area (Å²) in [4.78, 5) is 7.82. The number of aryl methyl sites for hydroxylation is 1. The SMILES string of the molecule is CCc1nc(-c2[nH]c3c(Cl)c(Cl)ccc3c2-c2cn[nH]c2)n[nH]1. The minimum absolute atomic E-state index is 0.478. The molecule has 116 valence electrons. The number of aromatic amines is 3. The fraction of sp³-hybridized carbons (Fsp3) is 0.133. The molecule has 0 atom stereocenters. The number of rotatable bonds is 3. The van der Waals surface area contributed by atoms with Gasteiger partial charge in [-0.1, -0.05) is 36.2 Å². The zero-order chi connectivity index (χ0) is 16.0. The van der Waals surface area contributed by atoms with Crippen molar-refractivity contribution in [3.63, 3.8) is 0 Å². The Kier molecular flexibility index (Phi) is 3.36. The smallest absolute Gasteiger partial charge is 0.198 e. The molecule has 6 nitrogen and oxygen atoms in total. The molecule has 0 bridgehead atoms. The van der Waals surface area contributed by atoms with E-state index >= 15 is 0 Å². The molecule has 1 aromatic carbocycles. The fourth-order valence-corrected chi connectivity index (χ4v) is 2.99. The van der Waals surface area contributed by atoms with Crippen molar-refractivity contribution in [3.05, 3.63) is 40.4 Å². The topological polar surface area (TPSA) is 86.0 Å². The first-order valence-corrected chi connectivity index (χ1v) is 7.85. The molecule has 23 heavy (non-hydrogen) atoms. The first kappa shape index (κ1) is 14.3. The zero-order valence-corrected chi connectivity index (χ0v) is 13.6. The highest BCUT2D eigenvalue weighted by molar-refractivity contribution is 6.45. The lowest BCUT2D eigenvalue weighted by Gasteiger charge is -1.99. The molecule has 0 spiro atoms. The van der Waals surface area contributed by atoms with Gasteiger partial charge in [-0.25, -0.2) is 4.98 Å². The van der Waals surface area contributed by atoms with Crippen molar-refractivity contribution < 1.29 is 0 Å². The van der Waals surface area contributed by atoms with Crippen LogP contribution in [0.4, 0.5) is 0 Å². The van der Waals surface area contributed by atoms with E-state index in [1.807, 2.05) is 19.2 Å². The van der Waals surface area contributed by atoms with Crippen molar-refractivity contribution in [1.82, 2.24) is 30.4 Å². The summed E-state index contributed by atoms with van der Waals surface area (Å²) in [6.07, 6.45) is 4.35. The number of hydrogen-bond acceptors (Lipinski definition) is 3. The number of H-pyrrole nitrogens is 3. The predicted molar refractivity (Wildman–Crippen MR) is 90.7 cm³/mol. The number of nitrogens with zero attached hydrogens (tertiary/aromatic N) is 3. The van der Waals surface area contributed by atoms with E-state index in [9.17, 15) is 0 Å². The summed E-state index contributed by atoms with van der Waals surface area (Å²) in [5, 5.41) is 16.0. The van der Waals surface area contributed by atoms with Crippen LogP contribution >= 0.6 is 23.2 Å². The molecule has 0 fully saturated rings. The van der Waals surface area contributed by atoms with Crippen LogP contribution in [0.15, 0.2) is 24.5 Å². The maximum absolute atomic E-state index is 6.36. The van der Waals surface area contributed by atoms with E-state index in [0.29, 0.717) is 15.9 Å². The van der Waals surface area contributed by atoms with Crippen LogP contribution in [0, 0.1) is 0 Å². The Morgan fingerprint density at radius 2 is 2.09 bits per heavy atom. The van der Waals surface area contributed by atoms with Gasteiger partial charge in [0.2, 0.25) is 0 Å². The number of halogens is 2. The highest BCUT2D eigenvalue weighted by Gasteiger charge is 2.21. The van der Waals surface area contributed by atoms with Crippen LogP contribution in [0.1, 0.15) is 12.7 Å². The molecule has 4 rings (SSSR count). The molecular formula is C15H12Cl2N6. The van der Waals surface area contributed by atoms with Crippen molar-refractivity contribution in [2.45, 2.75) is 13.3 Å². The summed E-state index contributed by atoms with van der Waals surface area (Å²) in [7, 11) is 0. The number of nitrogens with one attached hydrogen (secondary N) is 3. The molecule has 3 aromatic heterocycles. The lowest BCUT2D eigenvalue weighted by molar-refractivity contribution is 0.946. The largest absolute Gasteiger partial charge is 0.350 e. The van der Waals surface area contributed by atoms with Crippen LogP contribution in [0.3, 0.4) is 0 Å².